The second-order valence-electron chi connectivity index (χ2n) is 6.33. The highest BCUT2D eigenvalue weighted by Gasteiger charge is 2.29. The Morgan fingerprint density at radius 1 is 0.967 bits per heavy atom. The smallest absolute Gasteiger partial charge is 0.346 e. The van der Waals surface area contributed by atoms with Crippen LogP contribution in [-0.2, 0) is 9.53 Å². The van der Waals surface area contributed by atoms with E-state index in [1.54, 1.807) is 43.3 Å². The zero-order chi connectivity index (χ0) is 21.8. The molecule has 0 saturated carbocycles. The van der Waals surface area contributed by atoms with Gasteiger partial charge in [-0.3, -0.25) is 4.79 Å². The molecule has 0 unspecified atom stereocenters. The van der Waals surface area contributed by atoms with Gasteiger partial charge in [0.25, 0.3) is 0 Å². The fraction of sp³-hybridized carbons (Fsp3) is 0.273. The molecule has 30 heavy (non-hydrogen) atoms. The van der Waals surface area contributed by atoms with Crippen molar-refractivity contribution in [2.24, 2.45) is 0 Å². The Kier molecular flexibility index (Phi) is 6.15. The average Bonchev–Trinajstić information content (AvgIpc) is 3.07. The number of esters is 1. The molecule has 8 nitrogen and oxygen atoms in total. The Labute approximate surface area is 173 Å². The molecule has 1 atom stereocenters. The van der Waals surface area contributed by atoms with E-state index in [0.29, 0.717) is 39.9 Å². The molecule has 0 fully saturated rings. The monoisotopic (exact) mass is 414 g/mol. The van der Waals surface area contributed by atoms with Gasteiger partial charge in [-0.2, -0.15) is 0 Å². The maximum atomic E-state index is 12.8. The first-order valence-corrected chi connectivity index (χ1v) is 9.04. The quantitative estimate of drug-likeness (QED) is 0.504. The number of ketones is 1. The van der Waals surface area contributed by atoms with Crippen LogP contribution in [-0.4, -0.2) is 46.3 Å². The summed E-state index contributed by atoms with van der Waals surface area (Å²) in [6.07, 6.45) is 0.775. The molecular weight excluding hydrogens is 392 g/mol. The van der Waals surface area contributed by atoms with Gasteiger partial charge in [-0.25, -0.2) is 4.79 Å². The first-order valence-electron chi connectivity index (χ1n) is 9.04. The molecule has 0 bridgehead atoms. The Balaban J connectivity index is 1.91. The van der Waals surface area contributed by atoms with Gasteiger partial charge in [-0.05, 0) is 31.2 Å². The van der Waals surface area contributed by atoms with Crippen LogP contribution in [0.5, 0.6) is 28.7 Å². The van der Waals surface area contributed by atoms with E-state index in [1.807, 2.05) is 0 Å². The summed E-state index contributed by atoms with van der Waals surface area (Å²) in [5.41, 5.74) is 0.973. The molecule has 0 aliphatic carbocycles. The van der Waals surface area contributed by atoms with E-state index in [9.17, 15) is 9.59 Å². The van der Waals surface area contributed by atoms with Crippen LogP contribution in [0.3, 0.4) is 0 Å². The van der Waals surface area contributed by atoms with Gasteiger partial charge in [0.1, 0.15) is 17.2 Å². The van der Waals surface area contributed by atoms with E-state index >= 15 is 0 Å². The van der Waals surface area contributed by atoms with E-state index in [-0.39, 0.29) is 11.5 Å². The number of Topliss-reactive ketones (excluding diaryl/α,β-unsaturated/α-hetero) is 1. The summed E-state index contributed by atoms with van der Waals surface area (Å²) >= 11 is 0. The van der Waals surface area contributed by atoms with Crippen molar-refractivity contribution in [3.05, 3.63) is 47.2 Å². The summed E-state index contributed by atoms with van der Waals surface area (Å²) in [4.78, 5) is 24.3. The van der Waals surface area contributed by atoms with E-state index in [4.69, 9.17) is 23.7 Å². The molecule has 0 N–H and O–H groups in total. The van der Waals surface area contributed by atoms with Crippen molar-refractivity contribution in [2.75, 3.05) is 28.4 Å². The second-order valence-corrected chi connectivity index (χ2v) is 6.33. The van der Waals surface area contributed by atoms with Crippen molar-refractivity contribution in [3.8, 4) is 28.7 Å². The molecule has 2 aromatic rings. The van der Waals surface area contributed by atoms with Gasteiger partial charge in [0.2, 0.25) is 5.78 Å². The van der Waals surface area contributed by atoms with Crippen LogP contribution in [0.4, 0.5) is 0 Å². The zero-order valence-corrected chi connectivity index (χ0v) is 17.3. The average molecular weight is 414 g/mol. The van der Waals surface area contributed by atoms with E-state index in [2.05, 4.69) is 4.74 Å². The third-order valence-corrected chi connectivity index (χ3v) is 4.51. The lowest BCUT2D eigenvalue weighted by molar-refractivity contribution is -0.147. The van der Waals surface area contributed by atoms with Gasteiger partial charge in [0.05, 0.1) is 34.0 Å². The van der Waals surface area contributed by atoms with Crippen LogP contribution in [0.25, 0.3) is 6.08 Å². The van der Waals surface area contributed by atoms with E-state index in [1.165, 1.54) is 28.4 Å². The first-order chi connectivity index (χ1) is 14.4. The van der Waals surface area contributed by atoms with Gasteiger partial charge >= 0.3 is 5.97 Å². The molecule has 1 aliphatic heterocycles. The largest absolute Gasteiger partial charge is 0.496 e. The number of methoxy groups -OCH3 is 4. The van der Waals surface area contributed by atoms with Gasteiger partial charge in [-0.15, -0.1) is 0 Å². The van der Waals surface area contributed by atoms with Crippen LogP contribution in [0.1, 0.15) is 22.8 Å². The van der Waals surface area contributed by atoms with Crippen LogP contribution in [0, 0.1) is 0 Å². The Bertz CT molecular complexity index is 1010. The number of rotatable bonds is 7. The van der Waals surface area contributed by atoms with Crippen molar-refractivity contribution in [1.82, 2.24) is 0 Å². The topological polar surface area (TPSA) is 89.5 Å². The van der Waals surface area contributed by atoms with Gasteiger partial charge in [0.15, 0.2) is 23.4 Å². The summed E-state index contributed by atoms with van der Waals surface area (Å²) in [6.45, 7) is 1.57. The van der Waals surface area contributed by atoms with Gasteiger partial charge in [0, 0.05) is 17.7 Å². The van der Waals surface area contributed by atoms with Crippen LogP contribution in [0.15, 0.2) is 36.1 Å². The lowest BCUT2D eigenvalue weighted by Gasteiger charge is -2.13. The highest BCUT2D eigenvalue weighted by atomic mass is 16.6. The number of benzene rings is 2. The summed E-state index contributed by atoms with van der Waals surface area (Å²) < 4.78 is 31.9. The van der Waals surface area contributed by atoms with Crippen molar-refractivity contribution < 1.29 is 38.0 Å². The normalized spacial score (nSPS) is 14.6. The minimum absolute atomic E-state index is 0.119. The fourth-order valence-electron chi connectivity index (χ4n) is 2.97. The summed E-state index contributed by atoms with van der Waals surface area (Å²) in [7, 11) is 5.84. The molecule has 0 aromatic heterocycles. The lowest BCUT2D eigenvalue weighted by atomic mass is 10.1. The molecule has 0 radical (unpaired) electrons. The Morgan fingerprint density at radius 3 is 2.27 bits per heavy atom. The molecular formula is C22H22O8. The predicted octanol–water partition coefficient (Wildman–Crippen LogP) is 3.27. The lowest BCUT2D eigenvalue weighted by Crippen LogP contribution is -2.24. The first kappa shape index (κ1) is 21.0. The van der Waals surface area contributed by atoms with Crippen LogP contribution < -0.4 is 23.7 Å². The molecule has 0 spiro atoms. The van der Waals surface area contributed by atoms with E-state index in [0.717, 1.165) is 0 Å². The Hall–Kier alpha value is -3.68. The minimum atomic E-state index is -0.795. The van der Waals surface area contributed by atoms with Crippen LogP contribution >= 0.6 is 0 Å². The summed E-state index contributed by atoms with van der Waals surface area (Å²) in [6, 6.07) is 8.09. The number of ether oxygens (including phenoxy) is 6. The zero-order valence-electron chi connectivity index (χ0n) is 17.3. The highest BCUT2D eigenvalue weighted by Crippen LogP contribution is 2.39. The molecule has 1 aliphatic rings. The highest BCUT2D eigenvalue weighted by molar-refractivity contribution is 6.14. The number of hydrogen-bond donors (Lipinski definition) is 0. The fourth-order valence-corrected chi connectivity index (χ4v) is 2.97. The van der Waals surface area contributed by atoms with Gasteiger partial charge < -0.3 is 28.4 Å². The van der Waals surface area contributed by atoms with Crippen molar-refractivity contribution >= 4 is 17.8 Å². The SMILES string of the molecule is COC(=O)[C@H](C)Oc1ccc2c(c1)OC(=Cc1cc(OC)c(OC)cc1OC)C2=O. The minimum Gasteiger partial charge on any atom is -0.496 e. The number of allylic oxidation sites excluding steroid dienone is 1. The standard InChI is InChI=1S/C22H22O8/c1-12(22(24)28-5)29-14-6-7-15-17(10-14)30-20(21(15)23)9-13-8-18(26-3)19(27-4)11-16(13)25-2/h6-12H,1-5H3/t12-/m0/s1. The molecule has 3 rings (SSSR count). The van der Waals surface area contributed by atoms with Crippen molar-refractivity contribution in [3.63, 3.8) is 0 Å². The molecule has 158 valence electrons. The number of carbonyl (C=O) groups is 2. The summed E-state index contributed by atoms with van der Waals surface area (Å²) in [5, 5.41) is 0. The van der Waals surface area contributed by atoms with Crippen LogP contribution in [0.2, 0.25) is 0 Å². The second kappa shape index (κ2) is 8.77. The van der Waals surface area contributed by atoms with Crippen molar-refractivity contribution in [2.45, 2.75) is 13.0 Å². The third kappa shape index (κ3) is 4.03. The van der Waals surface area contributed by atoms with E-state index < -0.39 is 12.1 Å². The maximum Gasteiger partial charge on any atom is 0.346 e. The molecule has 2 aromatic carbocycles. The number of hydrogen-bond acceptors (Lipinski definition) is 8. The predicted molar refractivity (Wildman–Crippen MR) is 108 cm³/mol. The Morgan fingerprint density at radius 2 is 1.63 bits per heavy atom. The van der Waals surface area contributed by atoms with Crippen molar-refractivity contribution in [1.29, 1.82) is 0 Å². The maximum absolute atomic E-state index is 12.8. The number of fused-ring (bicyclic) bond motifs is 1. The van der Waals surface area contributed by atoms with Gasteiger partial charge in [-0.1, -0.05) is 0 Å². The summed E-state index contributed by atoms with van der Waals surface area (Å²) in [5.74, 6) is 1.52. The molecule has 8 heteroatoms. The number of carbonyl (C=O) groups excluding carboxylic acids is 2. The molecule has 1 heterocycles. The molecule has 0 amide bonds. The third-order valence-electron chi connectivity index (χ3n) is 4.51. The molecule has 0 saturated heterocycles.